The van der Waals surface area contributed by atoms with Crippen molar-refractivity contribution in [1.82, 2.24) is 25.5 Å². The lowest BCUT2D eigenvalue weighted by molar-refractivity contribution is -0.145. The predicted octanol–water partition coefficient (Wildman–Crippen LogP) is 4.13. The van der Waals surface area contributed by atoms with E-state index >= 15 is 0 Å². The smallest absolute Gasteiger partial charge is 0.256 e. The summed E-state index contributed by atoms with van der Waals surface area (Å²) in [5, 5.41) is 9.94. The van der Waals surface area contributed by atoms with Gasteiger partial charge in [-0.25, -0.2) is 13.8 Å². The van der Waals surface area contributed by atoms with Crippen LogP contribution in [0.25, 0.3) is 11.4 Å². The maximum atomic E-state index is 14.9. The van der Waals surface area contributed by atoms with Crippen LogP contribution in [0.3, 0.4) is 0 Å². The Balaban J connectivity index is 1.57. The molecule has 208 valence electrons. The molecular formula is C28H34F2N6O3. The molecule has 39 heavy (non-hydrogen) atoms. The zero-order valence-electron chi connectivity index (χ0n) is 22.8. The molecule has 11 heteroatoms. The van der Waals surface area contributed by atoms with E-state index in [-0.39, 0.29) is 54.5 Å². The van der Waals surface area contributed by atoms with Crippen molar-refractivity contribution in [2.24, 2.45) is 0 Å². The van der Waals surface area contributed by atoms with E-state index in [9.17, 15) is 18.4 Å². The van der Waals surface area contributed by atoms with Crippen LogP contribution < -0.4 is 10.2 Å². The Morgan fingerprint density at radius 3 is 2.59 bits per heavy atom. The molecule has 0 spiro atoms. The van der Waals surface area contributed by atoms with Crippen molar-refractivity contribution in [2.45, 2.75) is 53.1 Å². The number of nitrogens with zero attached hydrogens (tertiary/aromatic N) is 5. The maximum Gasteiger partial charge on any atom is 0.256 e. The van der Waals surface area contributed by atoms with E-state index in [1.165, 1.54) is 23.2 Å². The molecule has 1 aliphatic rings. The van der Waals surface area contributed by atoms with Gasteiger partial charge in [0.15, 0.2) is 0 Å². The Hall–Kier alpha value is -3.86. The number of halogens is 2. The first kappa shape index (κ1) is 28.2. The molecular weight excluding hydrogens is 506 g/mol. The summed E-state index contributed by atoms with van der Waals surface area (Å²) in [5.74, 6) is -1.03. The van der Waals surface area contributed by atoms with E-state index in [0.717, 1.165) is 24.8 Å². The summed E-state index contributed by atoms with van der Waals surface area (Å²) in [6.45, 7) is 6.31. The number of hydrazine groups is 1. The third-order valence-electron chi connectivity index (χ3n) is 6.85. The van der Waals surface area contributed by atoms with E-state index < -0.39 is 5.82 Å². The van der Waals surface area contributed by atoms with Gasteiger partial charge in [0.25, 0.3) is 5.91 Å². The molecule has 1 aliphatic heterocycles. The zero-order chi connectivity index (χ0) is 28.1. The van der Waals surface area contributed by atoms with Gasteiger partial charge in [-0.05, 0) is 42.7 Å². The van der Waals surface area contributed by atoms with Gasteiger partial charge in [-0.15, -0.1) is 0 Å². The molecule has 9 nitrogen and oxygen atoms in total. The summed E-state index contributed by atoms with van der Waals surface area (Å²) in [5.41, 5.74) is 2.53. The summed E-state index contributed by atoms with van der Waals surface area (Å²) in [4.78, 5) is 32.1. The number of unbranched alkanes of at least 4 members (excludes halogenated alkanes) is 2. The van der Waals surface area contributed by atoms with Gasteiger partial charge in [0, 0.05) is 44.9 Å². The standard InChI is InChI=1S/C28H34F2N6O3/c1-5-6-7-11-31-26(37)16-35(25-13-21(24(30)12-18(25)2)28-32-19(3)39-33-28)17-27(38)34(4)36-14-20-9-8-10-23(29)22(20)15-36/h8-10,12-13H,5-7,11,14-17H2,1-4H3,(H,31,37). The van der Waals surface area contributed by atoms with Crippen molar-refractivity contribution < 1.29 is 22.9 Å². The van der Waals surface area contributed by atoms with Gasteiger partial charge in [0.2, 0.25) is 17.6 Å². The summed E-state index contributed by atoms with van der Waals surface area (Å²) >= 11 is 0. The average Bonchev–Trinajstić information content (AvgIpc) is 3.53. The number of hydrogen-bond acceptors (Lipinski definition) is 7. The van der Waals surface area contributed by atoms with Crippen molar-refractivity contribution in [1.29, 1.82) is 0 Å². The largest absolute Gasteiger partial charge is 0.355 e. The van der Waals surface area contributed by atoms with Crippen LogP contribution in [0, 0.1) is 25.5 Å². The minimum absolute atomic E-state index is 0.0792. The lowest BCUT2D eigenvalue weighted by Gasteiger charge is -2.32. The van der Waals surface area contributed by atoms with E-state index in [4.69, 9.17) is 4.52 Å². The third-order valence-corrected chi connectivity index (χ3v) is 6.85. The molecule has 0 fully saturated rings. The van der Waals surface area contributed by atoms with Gasteiger partial charge < -0.3 is 14.7 Å². The highest BCUT2D eigenvalue weighted by Gasteiger charge is 2.29. The molecule has 1 N–H and O–H groups in total. The van der Waals surface area contributed by atoms with E-state index in [2.05, 4.69) is 22.4 Å². The summed E-state index contributed by atoms with van der Waals surface area (Å²) in [7, 11) is 1.63. The first-order valence-corrected chi connectivity index (χ1v) is 13.1. The van der Waals surface area contributed by atoms with Gasteiger partial charge >= 0.3 is 0 Å². The number of hydrogen-bond donors (Lipinski definition) is 1. The molecule has 0 atom stereocenters. The second-order valence-electron chi connectivity index (χ2n) is 9.79. The second kappa shape index (κ2) is 12.3. The molecule has 2 amide bonds. The quantitative estimate of drug-likeness (QED) is 0.366. The maximum absolute atomic E-state index is 14.9. The SMILES string of the molecule is CCCCCNC(=O)CN(CC(=O)N(C)N1Cc2cccc(F)c2C1)c1cc(-c2noc(C)n2)c(F)cc1C. The van der Waals surface area contributed by atoms with Gasteiger partial charge in [-0.3, -0.25) is 14.6 Å². The van der Waals surface area contributed by atoms with Crippen LogP contribution in [0.4, 0.5) is 14.5 Å². The Labute approximate surface area is 226 Å². The number of carbonyl (C=O) groups is 2. The molecule has 2 heterocycles. The molecule has 0 aliphatic carbocycles. The number of rotatable bonds is 11. The molecule has 4 rings (SSSR count). The van der Waals surface area contributed by atoms with E-state index in [0.29, 0.717) is 29.9 Å². The number of likely N-dealkylation sites (N-methyl/N-ethyl adjacent to an activating group) is 1. The van der Waals surface area contributed by atoms with Gasteiger partial charge in [0.1, 0.15) is 11.6 Å². The van der Waals surface area contributed by atoms with Gasteiger partial charge in [-0.2, -0.15) is 4.98 Å². The minimum Gasteiger partial charge on any atom is -0.355 e. The highest BCUT2D eigenvalue weighted by atomic mass is 19.1. The number of carbonyl (C=O) groups excluding carboxylic acids is 2. The van der Waals surface area contributed by atoms with Gasteiger partial charge in [-0.1, -0.05) is 37.1 Å². The summed E-state index contributed by atoms with van der Waals surface area (Å²) in [6, 6.07) is 7.77. The summed E-state index contributed by atoms with van der Waals surface area (Å²) in [6.07, 6.45) is 2.88. The zero-order valence-corrected chi connectivity index (χ0v) is 22.8. The summed E-state index contributed by atoms with van der Waals surface area (Å²) < 4.78 is 34.2. The first-order chi connectivity index (χ1) is 18.7. The number of aromatic nitrogens is 2. The van der Waals surface area contributed by atoms with Crippen LogP contribution in [-0.2, 0) is 22.7 Å². The fraction of sp³-hybridized carbons (Fsp3) is 0.429. The molecule has 1 aromatic heterocycles. The highest BCUT2D eigenvalue weighted by molar-refractivity contribution is 5.87. The average molecular weight is 541 g/mol. The fourth-order valence-corrected chi connectivity index (χ4v) is 4.64. The topological polar surface area (TPSA) is 94.8 Å². The molecule has 2 aromatic carbocycles. The van der Waals surface area contributed by atoms with Gasteiger partial charge in [0.05, 0.1) is 18.7 Å². The lowest BCUT2D eigenvalue weighted by Crippen LogP contribution is -2.48. The number of benzene rings is 2. The number of fused-ring (bicyclic) bond motifs is 1. The number of amides is 2. The van der Waals surface area contributed by atoms with Crippen molar-refractivity contribution >= 4 is 17.5 Å². The number of aryl methyl sites for hydroxylation is 2. The van der Waals surface area contributed by atoms with Crippen LogP contribution in [-0.4, -0.2) is 58.7 Å². The van der Waals surface area contributed by atoms with Crippen molar-refractivity contribution in [2.75, 3.05) is 31.6 Å². The van der Waals surface area contributed by atoms with E-state index in [1.807, 2.05) is 6.07 Å². The Morgan fingerprint density at radius 2 is 1.90 bits per heavy atom. The third kappa shape index (κ3) is 6.59. The predicted molar refractivity (Wildman–Crippen MR) is 142 cm³/mol. The van der Waals surface area contributed by atoms with Crippen LogP contribution in [0.15, 0.2) is 34.9 Å². The second-order valence-corrected chi connectivity index (χ2v) is 9.79. The van der Waals surface area contributed by atoms with Crippen molar-refractivity contribution in [3.8, 4) is 11.4 Å². The monoisotopic (exact) mass is 540 g/mol. The fourth-order valence-electron chi connectivity index (χ4n) is 4.64. The van der Waals surface area contributed by atoms with Crippen LogP contribution >= 0.6 is 0 Å². The number of nitrogens with one attached hydrogen (secondary N) is 1. The minimum atomic E-state index is -0.540. The molecule has 3 aromatic rings. The molecule has 0 radical (unpaired) electrons. The normalized spacial score (nSPS) is 12.9. The van der Waals surface area contributed by atoms with Crippen molar-refractivity contribution in [3.05, 3.63) is 64.5 Å². The van der Waals surface area contributed by atoms with Crippen molar-refractivity contribution in [3.63, 3.8) is 0 Å². The molecule has 0 saturated carbocycles. The lowest BCUT2D eigenvalue weighted by atomic mass is 10.1. The van der Waals surface area contributed by atoms with Crippen LogP contribution in [0.1, 0.15) is 48.8 Å². The molecule has 0 unspecified atom stereocenters. The molecule has 0 bridgehead atoms. The highest BCUT2D eigenvalue weighted by Crippen LogP contribution is 2.30. The Kier molecular flexibility index (Phi) is 8.90. The number of anilines is 1. The van der Waals surface area contributed by atoms with Crippen LogP contribution in [0.5, 0.6) is 0 Å². The van der Waals surface area contributed by atoms with E-state index in [1.54, 1.807) is 36.9 Å². The van der Waals surface area contributed by atoms with Crippen LogP contribution in [0.2, 0.25) is 0 Å². The molecule has 0 saturated heterocycles. The first-order valence-electron chi connectivity index (χ1n) is 13.1. The Bertz CT molecular complexity index is 1340. The Morgan fingerprint density at radius 1 is 1.10 bits per heavy atom.